The highest BCUT2D eigenvalue weighted by Crippen LogP contribution is 2.30. The normalized spacial score (nSPS) is 18.7. The molecule has 2 aliphatic heterocycles. The number of anilines is 1. The zero-order valence-corrected chi connectivity index (χ0v) is 20.3. The van der Waals surface area contributed by atoms with Crippen LogP contribution in [0.5, 0.6) is 0 Å². The molecule has 10 nitrogen and oxygen atoms in total. The third-order valence-corrected chi connectivity index (χ3v) is 7.79. The molecule has 2 N–H and O–H groups in total. The number of rotatable bonds is 5. The van der Waals surface area contributed by atoms with Gasteiger partial charge in [-0.25, -0.2) is 9.48 Å². The Kier molecular flexibility index (Phi) is 5.89. The number of carbonyl (C=O) groups is 3. The largest absolute Gasteiger partial charge is 0.477 e. The first kappa shape index (κ1) is 23.2. The molecule has 182 valence electrons. The van der Waals surface area contributed by atoms with Crippen molar-refractivity contribution in [1.82, 2.24) is 24.8 Å². The lowest BCUT2D eigenvalue weighted by Crippen LogP contribution is -2.56. The number of carbonyl (C=O) groups excluding carboxylic acids is 2. The van der Waals surface area contributed by atoms with Crippen molar-refractivity contribution in [2.75, 3.05) is 31.5 Å². The summed E-state index contributed by atoms with van der Waals surface area (Å²) in [6.45, 7) is 6.34. The number of benzene rings is 1. The molecule has 0 bridgehead atoms. The number of thiophene rings is 1. The van der Waals surface area contributed by atoms with E-state index in [1.807, 2.05) is 38.1 Å². The lowest BCUT2D eigenvalue weighted by molar-refractivity contribution is -0.142. The van der Waals surface area contributed by atoms with Crippen LogP contribution in [-0.2, 0) is 21.5 Å². The molecule has 3 aromatic rings. The van der Waals surface area contributed by atoms with Crippen molar-refractivity contribution in [1.29, 1.82) is 0 Å². The molecule has 2 aliphatic rings. The van der Waals surface area contributed by atoms with Gasteiger partial charge in [-0.05, 0) is 43.3 Å². The monoisotopic (exact) mass is 494 g/mol. The maximum absolute atomic E-state index is 13.2. The van der Waals surface area contributed by atoms with Gasteiger partial charge in [0.15, 0.2) is 0 Å². The quantitative estimate of drug-likeness (QED) is 0.522. The van der Waals surface area contributed by atoms with E-state index >= 15 is 0 Å². The first-order chi connectivity index (χ1) is 16.8. The summed E-state index contributed by atoms with van der Waals surface area (Å²) in [7, 11) is 0. The van der Waals surface area contributed by atoms with Crippen LogP contribution in [0.25, 0.3) is 5.69 Å². The van der Waals surface area contributed by atoms with E-state index in [0.29, 0.717) is 44.0 Å². The van der Waals surface area contributed by atoms with Crippen LogP contribution in [0.15, 0.2) is 41.9 Å². The number of nitrogens with one attached hydrogen (secondary N) is 1. The Hall–Kier alpha value is -3.57. The summed E-state index contributed by atoms with van der Waals surface area (Å²) in [6.07, 6.45) is 2.17. The van der Waals surface area contributed by atoms with Gasteiger partial charge in [-0.15, -0.1) is 16.4 Å². The molecule has 2 aromatic heterocycles. The molecule has 1 atom stereocenters. The smallest absolute Gasteiger partial charge is 0.348 e. The predicted octanol–water partition coefficient (Wildman–Crippen LogP) is 2.22. The molecule has 1 saturated heterocycles. The van der Waals surface area contributed by atoms with E-state index in [-0.39, 0.29) is 16.7 Å². The molecule has 35 heavy (non-hydrogen) atoms. The van der Waals surface area contributed by atoms with Gasteiger partial charge in [-0.2, -0.15) is 0 Å². The molecule has 0 aliphatic carbocycles. The zero-order valence-electron chi connectivity index (χ0n) is 19.5. The lowest BCUT2D eigenvalue weighted by atomic mass is 9.91. The number of piperazine rings is 1. The predicted molar refractivity (Wildman–Crippen MR) is 130 cm³/mol. The molecule has 11 heteroatoms. The van der Waals surface area contributed by atoms with Crippen LogP contribution < -0.4 is 5.32 Å². The summed E-state index contributed by atoms with van der Waals surface area (Å²) in [5.74, 6) is -2.10. The molecule has 0 spiro atoms. The van der Waals surface area contributed by atoms with E-state index in [9.17, 15) is 19.5 Å². The molecule has 0 saturated carbocycles. The van der Waals surface area contributed by atoms with Crippen molar-refractivity contribution in [3.8, 4) is 5.69 Å². The zero-order chi connectivity index (χ0) is 24.7. The number of amides is 2. The van der Waals surface area contributed by atoms with Crippen LogP contribution in [0, 0.1) is 5.92 Å². The molecular weight excluding hydrogens is 468 g/mol. The summed E-state index contributed by atoms with van der Waals surface area (Å²) < 4.78 is 1.50. The van der Waals surface area contributed by atoms with Gasteiger partial charge in [0.1, 0.15) is 16.5 Å². The first-order valence-corrected chi connectivity index (χ1v) is 12.3. The number of hydrogen-bond acceptors (Lipinski definition) is 7. The highest BCUT2D eigenvalue weighted by Gasteiger charge is 2.39. The van der Waals surface area contributed by atoms with Gasteiger partial charge < -0.3 is 15.3 Å². The maximum atomic E-state index is 13.2. The third kappa shape index (κ3) is 4.21. The number of aromatic carboxylic acids is 1. The highest BCUT2D eigenvalue weighted by atomic mass is 32.1. The van der Waals surface area contributed by atoms with Crippen molar-refractivity contribution in [2.45, 2.75) is 25.8 Å². The van der Waals surface area contributed by atoms with Gasteiger partial charge in [-0.1, -0.05) is 23.4 Å². The van der Waals surface area contributed by atoms with E-state index in [4.69, 9.17) is 0 Å². The number of carboxylic acid groups (broad SMARTS) is 1. The highest BCUT2D eigenvalue weighted by molar-refractivity contribution is 7.12. The third-order valence-electron chi connectivity index (χ3n) is 6.90. The Morgan fingerprint density at radius 1 is 1.14 bits per heavy atom. The fourth-order valence-electron chi connectivity index (χ4n) is 4.73. The topological polar surface area (TPSA) is 121 Å². The van der Waals surface area contributed by atoms with Crippen molar-refractivity contribution < 1.29 is 19.5 Å². The molecule has 1 unspecified atom stereocenters. The Balaban J connectivity index is 1.25. The molecule has 1 aromatic carbocycles. The number of fused-ring (bicyclic) bond motifs is 1. The summed E-state index contributed by atoms with van der Waals surface area (Å²) in [6, 6.07) is 9.29. The number of para-hydroxylation sites is 1. The molecule has 4 heterocycles. The molecule has 5 rings (SSSR count). The summed E-state index contributed by atoms with van der Waals surface area (Å²) in [4.78, 5) is 41.5. The van der Waals surface area contributed by atoms with Crippen molar-refractivity contribution in [2.24, 2.45) is 5.92 Å². The SMILES string of the molecule is CC(C)(c1cn(-c2ccsc2C(=O)O)nn1)N1CCN(C(=O)C2Cc3ccccc3NC2=O)CC1. The molecule has 2 amide bonds. The second-order valence-electron chi connectivity index (χ2n) is 9.26. The minimum absolute atomic E-state index is 0.140. The fourth-order valence-corrected chi connectivity index (χ4v) is 5.44. The fraction of sp³-hybridized carbons (Fsp3) is 0.375. The molecule has 0 radical (unpaired) electrons. The van der Waals surface area contributed by atoms with Crippen LogP contribution >= 0.6 is 11.3 Å². The second kappa shape index (κ2) is 8.90. The summed E-state index contributed by atoms with van der Waals surface area (Å²) in [5, 5.41) is 22.5. The van der Waals surface area contributed by atoms with Crippen LogP contribution in [0.2, 0.25) is 0 Å². The first-order valence-electron chi connectivity index (χ1n) is 11.4. The van der Waals surface area contributed by atoms with E-state index in [0.717, 1.165) is 22.6 Å². The number of carboxylic acids is 1. The van der Waals surface area contributed by atoms with Gasteiger partial charge >= 0.3 is 5.97 Å². The Morgan fingerprint density at radius 3 is 2.63 bits per heavy atom. The average Bonchev–Trinajstić information content (AvgIpc) is 3.53. The Bertz CT molecular complexity index is 1290. The Labute approximate surface area is 206 Å². The minimum atomic E-state index is -0.998. The molecule has 1 fully saturated rings. The maximum Gasteiger partial charge on any atom is 0.348 e. The van der Waals surface area contributed by atoms with Gasteiger partial charge in [-0.3, -0.25) is 14.5 Å². The van der Waals surface area contributed by atoms with Crippen molar-refractivity contribution in [3.05, 3.63) is 58.0 Å². The van der Waals surface area contributed by atoms with Gasteiger partial charge in [0, 0.05) is 31.9 Å². The van der Waals surface area contributed by atoms with Gasteiger partial charge in [0.25, 0.3) is 0 Å². The number of hydrogen-bond donors (Lipinski definition) is 2. The van der Waals surface area contributed by atoms with E-state index in [2.05, 4.69) is 20.5 Å². The van der Waals surface area contributed by atoms with E-state index < -0.39 is 17.4 Å². The van der Waals surface area contributed by atoms with Gasteiger partial charge in [0.05, 0.1) is 17.4 Å². The lowest BCUT2D eigenvalue weighted by Gasteiger charge is -2.43. The Morgan fingerprint density at radius 2 is 1.89 bits per heavy atom. The van der Waals surface area contributed by atoms with E-state index in [1.54, 1.807) is 22.5 Å². The van der Waals surface area contributed by atoms with Gasteiger partial charge in [0.2, 0.25) is 11.8 Å². The molecular formula is C24H26N6O4S. The minimum Gasteiger partial charge on any atom is -0.477 e. The average molecular weight is 495 g/mol. The van der Waals surface area contributed by atoms with Crippen LogP contribution in [0.4, 0.5) is 5.69 Å². The standard InChI is InChI=1S/C24H26N6O4S/c1-24(2,19-14-30(27-26-19)18-7-12-35-20(18)23(33)34)29-10-8-28(9-11-29)22(32)16-13-15-5-3-4-6-17(15)25-21(16)31/h3-7,12,14,16H,8-11,13H2,1-2H3,(H,25,31)(H,33,34). The van der Waals surface area contributed by atoms with E-state index in [1.165, 1.54) is 4.68 Å². The summed E-state index contributed by atoms with van der Waals surface area (Å²) in [5.41, 5.74) is 2.47. The van der Waals surface area contributed by atoms with Crippen molar-refractivity contribution in [3.63, 3.8) is 0 Å². The number of nitrogens with zero attached hydrogens (tertiary/aromatic N) is 5. The second-order valence-corrected chi connectivity index (χ2v) is 10.2. The van der Waals surface area contributed by atoms with Crippen LogP contribution in [0.1, 0.15) is 34.8 Å². The van der Waals surface area contributed by atoms with Crippen LogP contribution in [0.3, 0.4) is 0 Å². The number of aromatic nitrogens is 3. The van der Waals surface area contributed by atoms with Crippen molar-refractivity contribution >= 4 is 34.8 Å². The summed E-state index contributed by atoms with van der Waals surface area (Å²) >= 11 is 1.14. The van der Waals surface area contributed by atoms with Crippen LogP contribution in [-0.4, -0.2) is 73.9 Å².